The Balaban J connectivity index is 1.67. The monoisotopic (exact) mass is 366 g/mol. The third kappa shape index (κ3) is 3.97. The minimum Gasteiger partial charge on any atom is -0.465 e. The highest BCUT2D eigenvalue weighted by molar-refractivity contribution is 7.13. The quantitative estimate of drug-likeness (QED) is 0.697. The maximum atomic E-state index is 12.3. The van der Waals surface area contributed by atoms with Crippen molar-refractivity contribution in [1.82, 2.24) is 10.3 Å². The number of hydrogen-bond acceptors (Lipinski definition) is 5. The molecule has 1 aromatic heterocycles. The molecule has 0 atom stereocenters. The van der Waals surface area contributed by atoms with Crippen molar-refractivity contribution in [3.8, 4) is 10.6 Å². The zero-order valence-corrected chi connectivity index (χ0v) is 15.3. The highest BCUT2D eigenvalue weighted by Crippen LogP contribution is 2.26. The average molecular weight is 366 g/mol. The molecule has 0 bridgehead atoms. The number of rotatable bonds is 5. The molecule has 132 valence electrons. The Morgan fingerprint density at radius 3 is 2.65 bits per heavy atom. The van der Waals surface area contributed by atoms with Gasteiger partial charge in [-0.3, -0.25) is 4.79 Å². The second kappa shape index (κ2) is 7.93. The number of carbonyl (C=O) groups is 2. The molecule has 1 heterocycles. The predicted octanol–water partition coefficient (Wildman–Crippen LogP) is 3.84. The lowest BCUT2D eigenvalue weighted by Gasteiger charge is -2.05. The van der Waals surface area contributed by atoms with Gasteiger partial charge in [-0.2, -0.15) is 0 Å². The average Bonchev–Trinajstić information content (AvgIpc) is 3.14. The molecular weight excluding hydrogens is 348 g/mol. The number of thiazole rings is 1. The zero-order valence-electron chi connectivity index (χ0n) is 14.5. The smallest absolute Gasteiger partial charge is 0.337 e. The third-order valence-corrected chi connectivity index (χ3v) is 4.83. The fourth-order valence-corrected chi connectivity index (χ4v) is 3.41. The lowest BCUT2D eigenvalue weighted by Crippen LogP contribution is -2.23. The maximum absolute atomic E-state index is 12.3. The van der Waals surface area contributed by atoms with Gasteiger partial charge in [-0.05, 0) is 30.7 Å². The molecular formula is C20H18N2O3S. The topological polar surface area (TPSA) is 68.3 Å². The van der Waals surface area contributed by atoms with Crippen LogP contribution in [0.2, 0.25) is 0 Å². The molecule has 0 saturated carbocycles. The van der Waals surface area contributed by atoms with Gasteiger partial charge in [-0.25, -0.2) is 9.78 Å². The van der Waals surface area contributed by atoms with Crippen LogP contribution in [0.4, 0.5) is 0 Å². The van der Waals surface area contributed by atoms with E-state index in [0.29, 0.717) is 17.7 Å². The number of carbonyl (C=O) groups excluding carboxylic acids is 2. The van der Waals surface area contributed by atoms with E-state index in [9.17, 15) is 9.59 Å². The lowest BCUT2D eigenvalue weighted by atomic mass is 10.1. The van der Waals surface area contributed by atoms with Crippen molar-refractivity contribution in [2.75, 3.05) is 7.11 Å². The molecule has 1 N–H and O–H groups in total. The second-order valence-electron chi connectivity index (χ2n) is 5.71. The van der Waals surface area contributed by atoms with E-state index in [4.69, 9.17) is 0 Å². The van der Waals surface area contributed by atoms with Gasteiger partial charge in [-0.1, -0.05) is 30.3 Å². The van der Waals surface area contributed by atoms with Crippen LogP contribution in [0.5, 0.6) is 0 Å². The van der Waals surface area contributed by atoms with Gasteiger partial charge in [0.25, 0.3) is 5.91 Å². The van der Waals surface area contributed by atoms with E-state index < -0.39 is 5.97 Å². The summed E-state index contributed by atoms with van der Waals surface area (Å²) in [7, 11) is 1.31. The molecule has 0 saturated heterocycles. The Morgan fingerprint density at radius 1 is 1.12 bits per heavy atom. The Labute approximate surface area is 155 Å². The third-order valence-electron chi connectivity index (χ3n) is 3.90. The fraction of sp³-hybridized carbons (Fsp3) is 0.150. The number of hydrogen-bond donors (Lipinski definition) is 1. The van der Waals surface area contributed by atoms with E-state index >= 15 is 0 Å². The molecule has 0 aliphatic heterocycles. The summed E-state index contributed by atoms with van der Waals surface area (Å²) in [5.74, 6) is -0.733. The number of ether oxygens (including phenoxy) is 1. The predicted molar refractivity (Wildman–Crippen MR) is 101 cm³/mol. The first-order chi connectivity index (χ1) is 12.6. The van der Waals surface area contributed by atoms with E-state index in [1.165, 1.54) is 13.2 Å². The first-order valence-corrected chi connectivity index (χ1v) is 8.93. The number of esters is 1. The number of methoxy groups -OCH3 is 1. The first-order valence-electron chi connectivity index (χ1n) is 8.05. The molecule has 5 nitrogen and oxygen atoms in total. The first kappa shape index (κ1) is 17.8. The Kier molecular flexibility index (Phi) is 5.43. The summed E-state index contributed by atoms with van der Waals surface area (Å²) in [6, 6.07) is 14.5. The van der Waals surface area contributed by atoms with E-state index in [2.05, 4.69) is 15.0 Å². The van der Waals surface area contributed by atoms with Crippen LogP contribution in [-0.4, -0.2) is 24.0 Å². The Morgan fingerprint density at radius 2 is 1.88 bits per heavy atom. The number of nitrogens with one attached hydrogen (secondary N) is 1. The number of aromatic nitrogens is 1. The van der Waals surface area contributed by atoms with Crippen LogP contribution >= 0.6 is 11.3 Å². The van der Waals surface area contributed by atoms with E-state index in [1.807, 2.05) is 36.6 Å². The Bertz CT molecular complexity index is 949. The largest absolute Gasteiger partial charge is 0.465 e. The normalized spacial score (nSPS) is 10.4. The van der Waals surface area contributed by atoms with Gasteiger partial charge in [0.2, 0.25) is 0 Å². The van der Waals surface area contributed by atoms with Gasteiger partial charge in [0.1, 0.15) is 5.01 Å². The van der Waals surface area contributed by atoms with Crippen LogP contribution in [0.1, 0.15) is 32.0 Å². The molecule has 2 aromatic carbocycles. The minimum absolute atomic E-state index is 0.263. The van der Waals surface area contributed by atoms with Crippen molar-refractivity contribution in [2.45, 2.75) is 13.5 Å². The van der Waals surface area contributed by atoms with Crippen LogP contribution in [0.3, 0.4) is 0 Å². The number of amides is 1. The number of aryl methyl sites for hydroxylation is 1. The molecule has 3 aromatic rings. The van der Waals surface area contributed by atoms with Crippen molar-refractivity contribution in [2.24, 2.45) is 0 Å². The maximum Gasteiger partial charge on any atom is 0.337 e. The van der Waals surface area contributed by atoms with E-state index in [1.54, 1.807) is 29.5 Å². The van der Waals surface area contributed by atoms with Crippen LogP contribution in [0, 0.1) is 6.92 Å². The summed E-state index contributed by atoms with van der Waals surface area (Å²) in [6.45, 7) is 2.37. The van der Waals surface area contributed by atoms with Gasteiger partial charge in [0.05, 0.1) is 24.9 Å². The second-order valence-corrected chi connectivity index (χ2v) is 6.57. The molecule has 0 spiro atoms. The SMILES string of the molecule is COC(=O)c1cccc(C(=O)NCc2csc(-c3ccccc3C)n2)c1. The van der Waals surface area contributed by atoms with Crippen LogP contribution in [0.15, 0.2) is 53.9 Å². The van der Waals surface area contributed by atoms with Gasteiger partial charge < -0.3 is 10.1 Å². The van der Waals surface area contributed by atoms with Crippen molar-refractivity contribution >= 4 is 23.2 Å². The molecule has 3 rings (SSSR count). The highest BCUT2D eigenvalue weighted by Gasteiger charge is 2.12. The Hall–Kier alpha value is -2.99. The van der Waals surface area contributed by atoms with Crippen molar-refractivity contribution in [3.05, 3.63) is 76.3 Å². The number of benzene rings is 2. The van der Waals surface area contributed by atoms with Crippen LogP contribution in [0.25, 0.3) is 10.6 Å². The molecule has 0 aliphatic carbocycles. The molecule has 0 fully saturated rings. The van der Waals surface area contributed by atoms with Gasteiger partial charge in [-0.15, -0.1) is 11.3 Å². The molecule has 1 amide bonds. The fourth-order valence-electron chi connectivity index (χ4n) is 2.50. The van der Waals surface area contributed by atoms with Crippen LogP contribution in [-0.2, 0) is 11.3 Å². The van der Waals surface area contributed by atoms with Gasteiger partial charge in [0.15, 0.2) is 0 Å². The lowest BCUT2D eigenvalue weighted by molar-refractivity contribution is 0.0600. The summed E-state index contributed by atoms with van der Waals surface area (Å²) < 4.78 is 4.68. The molecule has 0 unspecified atom stereocenters. The standard InChI is InChI=1S/C20H18N2O3S/c1-13-6-3-4-9-17(13)19-22-16(12-26-19)11-21-18(23)14-7-5-8-15(10-14)20(24)25-2/h3-10,12H,11H2,1-2H3,(H,21,23). The molecule has 26 heavy (non-hydrogen) atoms. The van der Waals surface area contributed by atoms with E-state index in [0.717, 1.165) is 21.8 Å². The summed E-state index contributed by atoms with van der Waals surface area (Å²) in [4.78, 5) is 28.5. The van der Waals surface area contributed by atoms with Gasteiger partial charge in [0, 0.05) is 16.5 Å². The van der Waals surface area contributed by atoms with Crippen molar-refractivity contribution in [3.63, 3.8) is 0 Å². The summed E-state index contributed by atoms with van der Waals surface area (Å²) >= 11 is 1.55. The van der Waals surface area contributed by atoms with Crippen molar-refractivity contribution in [1.29, 1.82) is 0 Å². The van der Waals surface area contributed by atoms with Crippen LogP contribution < -0.4 is 5.32 Å². The van der Waals surface area contributed by atoms with Crippen molar-refractivity contribution < 1.29 is 14.3 Å². The summed E-state index contributed by atoms with van der Waals surface area (Å²) in [5.41, 5.74) is 3.81. The summed E-state index contributed by atoms with van der Waals surface area (Å²) in [5, 5.41) is 5.70. The zero-order chi connectivity index (χ0) is 18.5. The summed E-state index contributed by atoms with van der Waals surface area (Å²) in [6.07, 6.45) is 0. The number of nitrogens with zero attached hydrogens (tertiary/aromatic N) is 1. The highest BCUT2D eigenvalue weighted by atomic mass is 32.1. The molecule has 0 aliphatic rings. The van der Waals surface area contributed by atoms with E-state index in [-0.39, 0.29) is 5.91 Å². The molecule has 0 radical (unpaired) electrons. The minimum atomic E-state index is -0.470. The van der Waals surface area contributed by atoms with Gasteiger partial charge >= 0.3 is 5.97 Å². The molecule has 6 heteroatoms.